The average Bonchev–Trinajstić information content (AvgIpc) is 2.90. The normalized spacial score (nSPS) is 12.6. The molecule has 0 unspecified atom stereocenters. The number of anilines is 1. The van der Waals surface area contributed by atoms with Crippen LogP contribution >= 0.6 is 11.6 Å². The van der Waals surface area contributed by atoms with Crippen molar-refractivity contribution in [1.82, 2.24) is 10.2 Å². The zero-order valence-corrected chi connectivity index (χ0v) is 24.5. The number of carbonyl (C=O) groups is 2. The Balaban J connectivity index is 2.11. The predicted molar refractivity (Wildman–Crippen MR) is 152 cm³/mol. The zero-order valence-electron chi connectivity index (χ0n) is 22.9. The molecule has 3 aromatic rings. The number of sulfonamides is 1. The highest BCUT2D eigenvalue weighted by Gasteiger charge is 2.37. The van der Waals surface area contributed by atoms with Crippen molar-refractivity contribution < 1.29 is 31.2 Å². The first-order chi connectivity index (χ1) is 19.1. The topological polar surface area (TPSA) is 86.8 Å². The summed E-state index contributed by atoms with van der Waals surface area (Å²) >= 11 is 5.79. The highest BCUT2D eigenvalue weighted by molar-refractivity contribution is 7.92. The molecule has 0 bridgehead atoms. The van der Waals surface area contributed by atoms with Crippen molar-refractivity contribution in [3.8, 4) is 0 Å². The van der Waals surface area contributed by atoms with Crippen LogP contribution in [-0.4, -0.2) is 43.8 Å². The number of rotatable bonds is 10. The molecule has 3 rings (SSSR count). The minimum atomic E-state index is -4.88. The van der Waals surface area contributed by atoms with Gasteiger partial charge in [0.1, 0.15) is 12.6 Å². The van der Waals surface area contributed by atoms with Gasteiger partial charge in [0.15, 0.2) is 0 Å². The highest BCUT2D eigenvalue weighted by Crippen LogP contribution is 2.38. The molecule has 1 N–H and O–H groups in total. The summed E-state index contributed by atoms with van der Waals surface area (Å²) in [5.74, 6) is -1.26. The second-order valence-corrected chi connectivity index (χ2v) is 12.1. The summed E-state index contributed by atoms with van der Waals surface area (Å²) in [6.07, 6.45) is -4.88. The summed E-state index contributed by atoms with van der Waals surface area (Å²) in [5.41, 5.74) is -0.228. The Bertz CT molecular complexity index is 1480. The van der Waals surface area contributed by atoms with Gasteiger partial charge < -0.3 is 10.2 Å². The molecule has 12 heteroatoms. The van der Waals surface area contributed by atoms with Crippen LogP contribution in [0.4, 0.5) is 18.9 Å². The van der Waals surface area contributed by atoms with Gasteiger partial charge in [-0.15, -0.1) is 0 Å². The maximum absolute atomic E-state index is 13.8. The number of carbonyl (C=O) groups excluding carboxylic acids is 2. The first kappa shape index (κ1) is 32.0. The van der Waals surface area contributed by atoms with Gasteiger partial charge in [0.25, 0.3) is 10.0 Å². The number of aryl methyl sites for hydroxylation is 1. The molecule has 0 radical (unpaired) electrons. The van der Waals surface area contributed by atoms with Gasteiger partial charge in [-0.05, 0) is 63.6 Å². The minimum Gasteiger partial charge on any atom is -0.352 e. The lowest BCUT2D eigenvalue weighted by molar-refractivity contribution is -0.139. The number of nitrogens with zero attached hydrogens (tertiary/aromatic N) is 2. The molecule has 7 nitrogen and oxygen atoms in total. The van der Waals surface area contributed by atoms with E-state index in [4.69, 9.17) is 11.6 Å². The van der Waals surface area contributed by atoms with E-state index in [0.717, 1.165) is 17.7 Å². The smallest absolute Gasteiger partial charge is 0.352 e. The van der Waals surface area contributed by atoms with Crippen molar-refractivity contribution in [2.24, 2.45) is 0 Å². The summed E-state index contributed by atoms with van der Waals surface area (Å²) in [5, 5.41) is 2.12. The lowest BCUT2D eigenvalue weighted by Crippen LogP contribution is -2.52. The Morgan fingerprint density at radius 3 is 2.12 bits per heavy atom. The maximum atomic E-state index is 13.8. The minimum absolute atomic E-state index is 0.0425. The molecule has 0 aliphatic carbocycles. The first-order valence-corrected chi connectivity index (χ1v) is 14.5. The van der Waals surface area contributed by atoms with Crippen LogP contribution in [0.15, 0.2) is 77.7 Å². The van der Waals surface area contributed by atoms with E-state index < -0.39 is 56.9 Å². The van der Waals surface area contributed by atoms with E-state index in [-0.39, 0.29) is 17.5 Å². The number of hydrogen-bond acceptors (Lipinski definition) is 4. The monoisotopic (exact) mass is 609 g/mol. The van der Waals surface area contributed by atoms with Crippen molar-refractivity contribution in [2.75, 3.05) is 10.8 Å². The molecule has 1 atom stereocenters. The largest absolute Gasteiger partial charge is 0.417 e. The quantitative estimate of drug-likeness (QED) is 0.315. The van der Waals surface area contributed by atoms with E-state index in [1.165, 1.54) is 36.1 Å². The summed E-state index contributed by atoms with van der Waals surface area (Å²) in [7, 11) is -4.54. The number of amides is 2. The van der Waals surface area contributed by atoms with E-state index in [0.29, 0.717) is 15.9 Å². The Morgan fingerprint density at radius 1 is 0.951 bits per heavy atom. The van der Waals surface area contributed by atoms with Gasteiger partial charge in [0, 0.05) is 12.6 Å². The van der Waals surface area contributed by atoms with Gasteiger partial charge in [-0.2, -0.15) is 13.2 Å². The summed E-state index contributed by atoms with van der Waals surface area (Å²) in [4.78, 5) is 27.7. The maximum Gasteiger partial charge on any atom is 0.417 e. The fourth-order valence-corrected chi connectivity index (χ4v) is 5.65. The third kappa shape index (κ3) is 8.01. The number of alkyl halides is 3. The molecular weight excluding hydrogens is 579 g/mol. The fraction of sp³-hybridized carbons (Fsp3) is 0.310. The molecular formula is C29H31ClF3N3O4S. The third-order valence-corrected chi connectivity index (χ3v) is 8.34. The molecule has 0 saturated carbocycles. The summed E-state index contributed by atoms with van der Waals surface area (Å²) < 4.78 is 69.4. The second kappa shape index (κ2) is 12.9. The zero-order chi connectivity index (χ0) is 30.5. The number of halogens is 4. The van der Waals surface area contributed by atoms with Crippen LogP contribution in [0, 0.1) is 6.92 Å². The van der Waals surface area contributed by atoms with Gasteiger partial charge >= 0.3 is 6.18 Å². The molecule has 220 valence electrons. The summed E-state index contributed by atoms with van der Waals surface area (Å²) in [6.45, 7) is 5.84. The van der Waals surface area contributed by atoms with Crippen molar-refractivity contribution in [2.45, 2.75) is 57.4 Å². The van der Waals surface area contributed by atoms with Crippen molar-refractivity contribution in [1.29, 1.82) is 0 Å². The van der Waals surface area contributed by atoms with Crippen molar-refractivity contribution in [3.63, 3.8) is 0 Å². The molecule has 41 heavy (non-hydrogen) atoms. The Morgan fingerprint density at radius 2 is 1.56 bits per heavy atom. The first-order valence-electron chi connectivity index (χ1n) is 12.7. The molecule has 0 spiro atoms. The van der Waals surface area contributed by atoms with Gasteiger partial charge in [0.2, 0.25) is 11.8 Å². The fourth-order valence-electron chi connectivity index (χ4n) is 4.02. The van der Waals surface area contributed by atoms with Gasteiger partial charge in [-0.1, -0.05) is 59.6 Å². The van der Waals surface area contributed by atoms with Crippen LogP contribution in [-0.2, 0) is 32.3 Å². The standard InChI is InChI=1S/C29H31ClF3N3O4S/c1-19(2)34-28(38)21(4)35(17-22-8-6-5-7-9-22)27(37)18-36(41(39,40)24-13-10-20(3)11-14-24)23-12-15-26(30)25(16-23)29(31,32)33/h5-16,19,21H,17-18H2,1-4H3,(H,34,38)/t21-/m0/s1. The van der Waals surface area contributed by atoms with Crippen LogP contribution in [0.5, 0.6) is 0 Å². The molecule has 0 aliphatic rings. The van der Waals surface area contributed by atoms with Crippen LogP contribution in [0.3, 0.4) is 0 Å². The SMILES string of the molecule is Cc1ccc(S(=O)(=O)N(CC(=O)N(Cc2ccccc2)[C@@H](C)C(=O)NC(C)C)c2ccc(Cl)c(C(F)(F)F)c2)cc1. The Labute approximate surface area is 243 Å². The van der Waals surface area contributed by atoms with Gasteiger partial charge in [-0.25, -0.2) is 8.42 Å². The van der Waals surface area contributed by atoms with Crippen LogP contribution < -0.4 is 9.62 Å². The average molecular weight is 610 g/mol. The number of benzene rings is 3. The predicted octanol–water partition coefficient (Wildman–Crippen LogP) is 5.80. The number of nitrogens with one attached hydrogen (secondary N) is 1. The molecule has 2 amide bonds. The molecule has 0 saturated heterocycles. The van der Waals surface area contributed by atoms with E-state index in [2.05, 4.69) is 5.32 Å². The third-order valence-electron chi connectivity index (χ3n) is 6.23. The van der Waals surface area contributed by atoms with E-state index >= 15 is 0 Å². The van der Waals surface area contributed by atoms with E-state index in [9.17, 15) is 31.2 Å². The Hall–Kier alpha value is -3.57. The van der Waals surface area contributed by atoms with Crippen molar-refractivity contribution >= 4 is 39.1 Å². The van der Waals surface area contributed by atoms with Crippen LogP contribution in [0.25, 0.3) is 0 Å². The van der Waals surface area contributed by atoms with Crippen LogP contribution in [0.2, 0.25) is 5.02 Å². The summed E-state index contributed by atoms with van der Waals surface area (Å²) in [6, 6.07) is 15.8. The van der Waals surface area contributed by atoms with E-state index in [1.807, 2.05) is 0 Å². The second-order valence-electron chi connectivity index (χ2n) is 9.83. The van der Waals surface area contributed by atoms with Crippen LogP contribution in [0.1, 0.15) is 37.5 Å². The van der Waals surface area contributed by atoms with Gasteiger partial charge in [-0.3, -0.25) is 13.9 Å². The van der Waals surface area contributed by atoms with Gasteiger partial charge in [0.05, 0.1) is 21.2 Å². The molecule has 0 heterocycles. The lowest BCUT2D eigenvalue weighted by atomic mass is 10.1. The Kier molecular flexibility index (Phi) is 10.1. The number of hydrogen-bond donors (Lipinski definition) is 1. The molecule has 0 aliphatic heterocycles. The van der Waals surface area contributed by atoms with E-state index in [1.54, 1.807) is 51.1 Å². The van der Waals surface area contributed by atoms with Crippen molar-refractivity contribution in [3.05, 3.63) is 94.5 Å². The highest BCUT2D eigenvalue weighted by atomic mass is 35.5. The lowest BCUT2D eigenvalue weighted by Gasteiger charge is -2.32. The molecule has 3 aromatic carbocycles. The molecule has 0 aromatic heterocycles. The molecule has 0 fully saturated rings.